The lowest BCUT2D eigenvalue weighted by atomic mass is 9.88. The predicted molar refractivity (Wildman–Crippen MR) is 144 cm³/mol. The van der Waals surface area contributed by atoms with Crippen LogP contribution in [0.4, 0.5) is 11.8 Å². The maximum Gasteiger partial charge on any atom is 0.225 e. The number of pyridine rings is 1. The molecular weight excluding hydrogens is 492 g/mol. The van der Waals surface area contributed by atoms with Gasteiger partial charge in [-0.3, -0.25) is 4.98 Å². The smallest absolute Gasteiger partial charge is 0.225 e. The molecule has 2 saturated carbocycles. The molecule has 10 nitrogen and oxygen atoms in total. The fraction of sp³-hybridized carbons (Fsp3) is 0.615. The second kappa shape index (κ2) is 10.0. The molecule has 3 heterocycles. The number of aromatic nitrogens is 4. The zero-order valence-electron chi connectivity index (χ0n) is 21.9. The van der Waals surface area contributed by atoms with Gasteiger partial charge in [0, 0.05) is 19.2 Å². The van der Waals surface area contributed by atoms with Crippen molar-refractivity contribution in [2.75, 3.05) is 17.7 Å². The summed E-state index contributed by atoms with van der Waals surface area (Å²) in [5, 5.41) is 39.7. The van der Waals surface area contributed by atoms with E-state index >= 15 is 0 Å². The monoisotopic (exact) mass is 528 g/mol. The minimum absolute atomic E-state index is 0.0964. The molecule has 0 unspecified atom stereocenters. The van der Waals surface area contributed by atoms with Crippen molar-refractivity contribution < 1.29 is 20.1 Å². The Balaban J connectivity index is 1.55. The van der Waals surface area contributed by atoms with Crippen molar-refractivity contribution in [3.05, 3.63) is 23.7 Å². The van der Waals surface area contributed by atoms with Crippen LogP contribution in [-0.4, -0.2) is 78.4 Å². The summed E-state index contributed by atoms with van der Waals surface area (Å²) in [4.78, 5) is 18.9. The summed E-state index contributed by atoms with van der Waals surface area (Å²) >= 11 is 1.54. The average Bonchev–Trinajstić information content (AvgIpc) is 3.53. The van der Waals surface area contributed by atoms with E-state index in [2.05, 4.69) is 15.6 Å². The van der Waals surface area contributed by atoms with Gasteiger partial charge in [-0.25, -0.2) is 9.97 Å². The van der Waals surface area contributed by atoms with Crippen LogP contribution >= 0.6 is 11.3 Å². The number of nitrogens with one attached hydrogen (secondary N) is 2. The van der Waals surface area contributed by atoms with Crippen LogP contribution in [0.15, 0.2) is 12.3 Å². The molecule has 2 aliphatic rings. The summed E-state index contributed by atoms with van der Waals surface area (Å²) in [7, 11) is 1.72. The van der Waals surface area contributed by atoms with Gasteiger partial charge in [0.05, 0.1) is 51.5 Å². The maximum absolute atomic E-state index is 10.9. The van der Waals surface area contributed by atoms with E-state index in [0.29, 0.717) is 18.2 Å². The van der Waals surface area contributed by atoms with E-state index in [0.717, 1.165) is 51.4 Å². The molecular formula is C26H36N6O4S. The number of rotatable bonds is 7. The molecule has 11 heteroatoms. The summed E-state index contributed by atoms with van der Waals surface area (Å²) in [5.41, 5.74) is 2.03. The minimum Gasteiger partial charge on any atom is -0.390 e. The molecule has 2 aliphatic carbocycles. The number of fused-ring (bicyclic) bond motifs is 1. The number of methoxy groups -OCH3 is 1. The molecule has 37 heavy (non-hydrogen) atoms. The Hall–Kier alpha value is -2.44. The quantitative estimate of drug-likeness (QED) is 0.310. The molecule has 6 atom stereocenters. The minimum atomic E-state index is -1.14. The fourth-order valence-corrected chi connectivity index (χ4v) is 6.79. The molecule has 0 radical (unpaired) electrons. The van der Waals surface area contributed by atoms with Crippen LogP contribution in [0.3, 0.4) is 0 Å². The normalized spacial score (nSPS) is 28.2. The van der Waals surface area contributed by atoms with Crippen molar-refractivity contribution in [1.29, 1.82) is 0 Å². The van der Waals surface area contributed by atoms with Crippen LogP contribution in [0.25, 0.3) is 20.8 Å². The second-order valence-corrected chi connectivity index (χ2v) is 11.8. The zero-order chi connectivity index (χ0) is 26.5. The third-order valence-electron chi connectivity index (χ3n) is 7.78. The van der Waals surface area contributed by atoms with Crippen molar-refractivity contribution >= 4 is 33.3 Å². The molecule has 5 rings (SSSR count). The summed E-state index contributed by atoms with van der Waals surface area (Å²) in [5.74, 6) is 0.518. The molecule has 0 aromatic carbocycles. The van der Waals surface area contributed by atoms with Gasteiger partial charge in [-0.15, -0.1) is 11.3 Å². The molecule has 0 bridgehead atoms. The standard InChI is InChI=1S/C26H36N6O4S/c1-12-19(24-31-20-13(2)27-10-9-18(20)37-24)23(29-16-11-14(26(3,4)35)21(33)22(16)34)32-25(28-12)30-15-7-6-8-17(15)36-5/h9-10,14-17,21-22,33-35H,6-8,11H2,1-5H3,(H2,28,29,30,32)/t14-,15-,16+,17+,21+,22-/m0/s1. The number of hydrogen-bond donors (Lipinski definition) is 5. The highest BCUT2D eigenvalue weighted by molar-refractivity contribution is 7.21. The van der Waals surface area contributed by atoms with Gasteiger partial charge in [0.1, 0.15) is 22.4 Å². The van der Waals surface area contributed by atoms with E-state index in [1.165, 1.54) is 11.3 Å². The van der Waals surface area contributed by atoms with Crippen molar-refractivity contribution in [2.24, 2.45) is 5.92 Å². The summed E-state index contributed by atoms with van der Waals surface area (Å²) in [6.45, 7) is 7.17. The maximum atomic E-state index is 10.9. The molecule has 0 aliphatic heterocycles. The van der Waals surface area contributed by atoms with E-state index in [1.807, 2.05) is 19.9 Å². The Morgan fingerprint density at radius 2 is 1.81 bits per heavy atom. The molecule has 0 saturated heterocycles. The Morgan fingerprint density at radius 1 is 1.03 bits per heavy atom. The highest BCUT2D eigenvalue weighted by atomic mass is 32.1. The van der Waals surface area contributed by atoms with E-state index in [4.69, 9.17) is 19.7 Å². The molecule has 5 N–H and O–H groups in total. The second-order valence-electron chi connectivity index (χ2n) is 10.8. The van der Waals surface area contributed by atoms with Gasteiger partial charge in [0.2, 0.25) is 5.95 Å². The Labute approximate surface area is 220 Å². The lowest BCUT2D eigenvalue weighted by Gasteiger charge is -2.28. The SMILES string of the molecule is CO[C@@H]1CCC[C@@H]1Nc1nc(C)c(-c2nc3c(C)nccc3s2)c(N[C@@H]2C[C@H](C(C)(C)O)[C@@H](O)[C@H]2O)n1. The highest BCUT2D eigenvalue weighted by Crippen LogP contribution is 2.40. The summed E-state index contributed by atoms with van der Waals surface area (Å²) in [6, 6.07) is 1.54. The first-order valence-electron chi connectivity index (χ1n) is 12.8. The first kappa shape index (κ1) is 26.2. The number of aliphatic hydroxyl groups excluding tert-OH is 2. The first-order valence-corrected chi connectivity index (χ1v) is 13.6. The molecule has 3 aromatic heterocycles. The zero-order valence-corrected chi connectivity index (χ0v) is 22.7. The molecule has 0 amide bonds. The van der Waals surface area contributed by atoms with Gasteiger partial charge in [-0.1, -0.05) is 0 Å². The van der Waals surface area contributed by atoms with Crippen molar-refractivity contribution in [1.82, 2.24) is 19.9 Å². The molecule has 0 spiro atoms. The fourth-order valence-electron chi connectivity index (χ4n) is 5.68. The van der Waals surface area contributed by atoms with Crippen molar-refractivity contribution in [3.8, 4) is 10.6 Å². The number of nitrogens with zero attached hydrogens (tertiary/aromatic N) is 4. The lowest BCUT2D eigenvalue weighted by molar-refractivity contribution is -0.0601. The van der Waals surface area contributed by atoms with Crippen LogP contribution < -0.4 is 10.6 Å². The average molecular weight is 529 g/mol. The number of anilines is 2. The molecule has 200 valence electrons. The summed E-state index contributed by atoms with van der Waals surface area (Å²) < 4.78 is 6.66. The van der Waals surface area contributed by atoms with Crippen LogP contribution in [0.5, 0.6) is 0 Å². The van der Waals surface area contributed by atoms with E-state index < -0.39 is 29.8 Å². The third-order valence-corrected chi connectivity index (χ3v) is 8.81. The number of aliphatic hydroxyl groups is 3. The van der Waals surface area contributed by atoms with Crippen molar-refractivity contribution in [3.63, 3.8) is 0 Å². The molecule has 2 fully saturated rings. The topological polar surface area (TPSA) is 146 Å². The van der Waals surface area contributed by atoms with Crippen LogP contribution in [0.1, 0.15) is 50.9 Å². The third kappa shape index (κ3) is 5.03. The van der Waals surface area contributed by atoms with E-state index in [1.54, 1.807) is 27.2 Å². The Kier molecular flexibility index (Phi) is 7.10. The van der Waals surface area contributed by atoms with Gasteiger partial charge in [-0.05, 0) is 59.4 Å². The Bertz CT molecular complexity index is 1280. The van der Waals surface area contributed by atoms with Gasteiger partial charge < -0.3 is 30.7 Å². The van der Waals surface area contributed by atoms with Crippen LogP contribution in [0.2, 0.25) is 0 Å². The number of hydrogen-bond acceptors (Lipinski definition) is 11. The van der Waals surface area contributed by atoms with Gasteiger partial charge in [0.25, 0.3) is 0 Å². The highest BCUT2D eigenvalue weighted by Gasteiger charge is 2.48. The van der Waals surface area contributed by atoms with E-state index in [-0.39, 0.29) is 12.1 Å². The van der Waals surface area contributed by atoms with Crippen molar-refractivity contribution in [2.45, 2.75) is 89.4 Å². The summed E-state index contributed by atoms with van der Waals surface area (Å²) in [6.07, 6.45) is 3.16. The molecule has 3 aromatic rings. The van der Waals surface area contributed by atoms with E-state index in [9.17, 15) is 15.3 Å². The van der Waals surface area contributed by atoms with Gasteiger partial charge >= 0.3 is 0 Å². The largest absolute Gasteiger partial charge is 0.390 e. The first-order chi connectivity index (χ1) is 17.6. The number of aryl methyl sites for hydroxylation is 2. The number of thiazole rings is 1. The van der Waals surface area contributed by atoms with Crippen LogP contribution in [0, 0.1) is 19.8 Å². The lowest BCUT2D eigenvalue weighted by Crippen LogP contribution is -2.40. The van der Waals surface area contributed by atoms with Gasteiger partial charge in [0.15, 0.2) is 0 Å². The van der Waals surface area contributed by atoms with Crippen LogP contribution in [-0.2, 0) is 4.74 Å². The predicted octanol–water partition coefficient (Wildman–Crippen LogP) is 3.04. The number of ether oxygens (including phenoxy) is 1. The Morgan fingerprint density at radius 3 is 2.49 bits per heavy atom. The van der Waals surface area contributed by atoms with Gasteiger partial charge in [-0.2, -0.15) is 4.98 Å².